The van der Waals surface area contributed by atoms with Crippen molar-refractivity contribution in [1.29, 1.82) is 0 Å². The molecule has 1 aliphatic carbocycles. The molecule has 0 saturated heterocycles. The quantitative estimate of drug-likeness (QED) is 0.372. The molecule has 3 aromatic carbocycles. The molecule has 3 aromatic rings. The molecular weight excluding hydrogens is 513 g/mol. The van der Waals surface area contributed by atoms with Crippen molar-refractivity contribution in [3.63, 3.8) is 0 Å². The third kappa shape index (κ3) is 4.37. The van der Waals surface area contributed by atoms with Gasteiger partial charge in [0.1, 0.15) is 6.61 Å². The lowest BCUT2D eigenvalue weighted by Gasteiger charge is -2.29. The molecule has 2 aliphatic rings. The van der Waals surface area contributed by atoms with E-state index in [0.29, 0.717) is 55.2 Å². The maximum Gasteiger partial charge on any atom is 0.336 e. The van der Waals surface area contributed by atoms with Crippen LogP contribution in [0.25, 0.3) is 5.70 Å². The molecule has 37 heavy (non-hydrogen) atoms. The molecule has 1 aliphatic heterocycles. The predicted molar refractivity (Wildman–Crippen MR) is 142 cm³/mol. The van der Waals surface area contributed by atoms with Crippen LogP contribution < -0.4 is 14.8 Å². The number of allylic oxidation sites excluding steroid dienone is 2. The van der Waals surface area contributed by atoms with E-state index < -0.39 is 11.9 Å². The maximum atomic E-state index is 13.6. The van der Waals surface area contributed by atoms with E-state index in [-0.39, 0.29) is 12.4 Å². The van der Waals surface area contributed by atoms with E-state index in [1.807, 2.05) is 30.3 Å². The molecule has 0 amide bonds. The van der Waals surface area contributed by atoms with E-state index in [0.717, 1.165) is 11.1 Å². The first-order valence-corrected chi connectivity index (χ1v) is 12.3. The number of ketones is 1. The van der Waals surface area contributed by atoms with E-state index in [9.17, 15) is 9.59 Å². The number of hydrogen-bond acceptors (Lipinski definition) is 6. The number of carbonyl (C=O) groups excluding carboxylic acids is 2. The van der Waals surface area contributed by atoms with E-state index in [4.69, 9.17) is 37.4 Å². The first kappa shape index (κ1) is 24.9. The molecule has 0 bridgehead atoms. The first-order chi connectivity index (χ1) is 17.8. The van der Waals surface area contributed by atoms with Gasteiger partial charge in [-0.25, -0.2) is 4.79 Å². The molecule has 1 N–H and O–H groups in total. The minimum atomic E-state index is -0.651. The van der Waals surface area contributed by atoms with Crippen molar-refractivity contribution >= 4 is 40.7 Å². The van der Waals surface area contributed by atoms with Crippen molar-refractivity contribution < 1.29 is 23.8 Å². The summed E-state index contributed by atoms with van der Waals surface area (Å²) in [4.78, 5) is 26.5. The van der Waals surface area contributed by atoms with Crippen molar-refractivity contribution in [2.75, 3.05) is 14.2 Å². The van der Waals surface area contributed by atoms with Crippen molar-refractivity contribution in [1.82, 2.24) is 5.32 Å². The summed E-state index contributed by atoms with van der Waals surface area (Å²) < 4.78 is 16.8. The average Bonchev–Trinajstić information content (AvgIpc) is 3.19. The summed E-state index contributed by atoms with van der Waals surface area (Å²) in [6.07, 6.45) is 0. The molecule has 0 unspecified atom stereocenters. The van der Waals surface area contributed by atoms with Crippen LogP contribution in [-0.4, -0.2) is 26.0 Å². The van der Waals surface area contributed by atoms with Crippen LogP contribution in [-0.2, 0) is 16.1 Å². The zero-order valence-electron chi connectivity index (χ0n) is 20.4. The van der Waals surface area contributed by atoms with Crippen LogP contribution in [0.2, 0.25) is 10.0 Å². The van der Waals surface area contributed by atoms with Crippen molar-refractivity contribution in [3.8, 4) is 11.5 Å². The number of benzene rings is 3. The van der Waals surface area contributed by atoms with Crippen LogP contribution in [0, 0.1) is 0 Å². The standard InChI is InChI=1S/C29H23Cl2NO5/c1-15-24(29(34)36-3)25(26-27(32-15)18-6-4-5-7-19(18)28(26)33)17-9-11-22(23(13-17)35-2)37-14-16-8-10-20(30)21(31)12-16/h4-13,25,32H,14H2,1-3H3/t25-/m1/s1. The van der Waals surface area contributed by atoms with Gasteiger partial charge in [-0.1, -0.05) is 59.6 Å². The molecule has 0 spiro atoms. The number of Topliss-reactive ketones (excluding diaryl/α,β-unsaturated/α-hetero) is 1. The number of halogens is 2. The molecule has 1 heterocycles. The second-order valence-electron chi connectivity index (χ2n) is 8.70. The molecule has 0 aromatic heterocycles. The average molecular weight is 536 g/mol. The number of dihydropyridines is 1. The third-order valence-electron chi connectivity index (χ3n) is 6.55. The third-order valence-corrected chi connectivity index (χ3v) is 7.29. The summed E-state index contributed by atoms with van der Waals surface area (Å²) >= 11 is 12.1. The lowest BCUT2D eigenvalue weighted by atomic mass is 9.79. The number of hydrogen-bond donors (Lipinski definition) is 1. The van der Waals surface area contributed by atoms with E-state index in [1.54, 1.807) is 37.3 Å². The second-order valence-corrected chi connectivity index (χ2v) is 9.51. The molecule has 188 valence electrons. The first-order valence-electron chi connectivity index (χ1n) is 11.5. The summed E-state index contributed by atoms with van der Waals surface area (Å²) in [7, 11) is 2.87. The van der Waals surface area contributed by atoms with Gasteiger partial charge in [0.15, 0.2) is 17.3 Å². The minimum absolute atomic E-state index is 0.129. The van der Waals surface area contributed by atoms with Crippen LogP contribution in [0.15, 0.2) is 77.5 Å². The maximum absolute atomic E-state index is 13.6. The number of methoxy groups -OCH3 is 2. The molecule has 0 saturated carbocycles. The number of rotatable bonds is 6. The Bertz CT molecular complexity index is 1510. The van der Waals surface area contributed by atoms with Crippen LogP contribution in [0.5, 0.6) is 11.5 Å². The Kier molecular flexibility index (Phi) is 6.71. The van der Waals surface area contributed by atoms with E-state index in [1.165, 1.54) is 14.2 Å². The zero-order valence-corrected chi connectivity index (χ0v) is 21.9. The Morgan fingerprint density at radius 3 is 2.41 bits per heavy atom. The summed E-state index contributed by atoms with van der Waals surface area (Å²) in [5, 5.41) is 4.19. The molecule has 0 radical (unpaired) electrons. The van der Waals surface area contributed by atoms with Crippen molar-refractivity contribution in [3.05, 3.63) is 110 Å². The van der Waals surface area contributed by atoms with E-state index >= 15 is 0 Å². The van der Waals surface area contributed by atoms with Gasteiger partial charge >= 0.3 is 5.97 Å². The molecular formula is C29H23Cl2NO5. The van der Waals surface area contributed by atoms with Gasteiger partial charge in [0.2, 0.25) is 0 Å². The van der Waals surface area contributed by atoms with Gasteiger partial charge in [-0.2, -0.15) is 0 Å². The highest BCUT2D eigenvalue weighted by atomic mass is 35.5. The monoisotopic (exact) mass is 535 g/mol. The second kappa shape index (κ2) is 9.96. The predicted octanol–water partition coefficient (Wildman–Crippen LogP) is 6.32. The lowest BCUT2D eigenvalue weighted by molar-refractivity contribution is -0.136. The van der Waals surface area contributed by atoms with E-state index in [2.05, 4.69) is 5.32 Å². The SMILES string of the molecule is COC(=O)C1=C(C)NC2=C(C(=O)c3ccccc32)[C@@H]1c1ccc(OCc2ccc(Cl)c(Cl)c2)c(OC)c1. The van der Waals surface area contributed by atoms with Crippen LogP contribution in [0.4, 0.5) is 0 Å². The fourth-order valence-electron chi connectivity index (χ4n) is 4.82. The highest BCUT2D eigenvalue weighted by Crippen LogP contribution is 2.48. The Hall–Kier alpha value is -3.74. The summed E-state index contributed by atoms with van der Waals surface area (Å²) in [6, 6.07) is 18.1. The smallest absolute Gasteiger partial charge is 0.336 e. The van der Waals surface area contributed by atoms with Gasteiger partial charge in [-0.3, -0.25) is 4.79 Å². The number of ether oxygens (including phenoxy) is 3. The fraction of sp³-hybridized carbons (Fsp3) is 0.172. The minimum Gasteiger partial charge on any atom is -0.493 e. The molecule has 0 fully saturated rings. The number of esters is 1. The van der Waals surface area contributed by atoms with Crippen molar-refractivity contribution in [2.45, 2.75) is 19.4 Å². The Balaban J connectivity index is 1.55. The molecule has 1 atom stereocenters. The van der Waals surface area contributed by atoms with Gasteiger partial charge < -0.3 is 19.5 Å². The topological polar surface area (TPSA) is 73.9 Å². The molecule has 5 rings (SSSR count). The van der Waals surface area contributed by atoms with Gasteiger partial charge in [-0.05, 0) is 42.3 Å². The lowest BCUT2D eigenvalue weighted by Crippen LogP contribution is -2.29. The largest absolute Gasteiger partial charge is 0.493 e. The van der Waals surface area contributed by atoms with Crippen LogP contribution in [0.1, 0.15) is 39.9 Å². The number of carbonyl (C=O) groups is 2. The van der Waals surface area contributed by atoms with Gasteiger partial charge in [0, 0.05) is 28.3 Å². The summed E-state index contributed by atoms with van der Waals surface area (Å²) in [5.74, 6) is -0.327. The summed E-state index contributed by atoms with van der Waals surface area (Å²) in [5.41, 5.74) is 5.14. The Morgan fingerprint density at radius 1 is 0.946 bits per heavy atom. The van der Waals surface area contributed by atoms with Gasteiger partial charge in [0.05, 0.1) is 35.5 Å². The fourth-order valence-corrected chi connectivity index (χ4v) is 5.14. The molecule has 8 heteroatoms. The highest BCUT2D eigenvalue weighted by Gasteiger charge is 2.43. The van der Waals surface area contributed by atoms with Gasteiger partial charge in [-0.15, -0.1) is 0 Å². The van der Waals surface area contributed by atoms with Crippen LogP contribution >= 0.6 is 23.2 Å². The zero-order chi connectivity index (χ0) is 26.3. The normalized spacial score (nSPS) is 16.2. The van der Waals surface area contributed by atoms with Crippen LogP contribution in [0.3, 0.4) is 0 Å². The van der Waals surface area contributed by atoms with Crippen molar-refractivity contribution in [2.24, 2.45) is 0 Å². The number of nitrogens with one attached hydrogen (secondary N) is 1. The van der Waals surface area contributed by atoms with Gasteiger partial charge in [0.25, 0.3) is 0 Å². The molecule has 6 nitrogen and oxygen atoms in total. The summed E-state index contributed by atoms with van der Waals surface area (Å²) in [6.45, 7) is 2.05. The Labute approximate surface area is 224 Å². The Morgan fingerprint density at radius 2 is 1.70 bits per heavy atom. The highest BCUT2D eigenvalue weighted by molar-refractivity contribution is 6.42. The number of fused-ring (bicyclic) bond motifs is 2.